The van der Waals surface area contributed by atoms with E-state index < -0.39 is 53.2 Å². The van der Waals surface area contributed by atoms with Crippen LogP contribution in [0.25, 0.3) is 0 Å². The summed E-state index contributed by atoms with van der Waals surface area (Å²) in [6.45, 7) is 11.2. The molecule has 2 aliphatic heterocycles. The summed E-state index contributed by atoms with van der Waals surface area (Å²) in [5.41, 5.74) is 7.07. The van der Waals surface area contributed by atoms with Gasteiger partial charge < -0.3 is 30.2 Å². The Bertz CT molecular complexity index is 2070. The summed E-state index contributed by atoms with van der Waals surface area (Å²) >= 11 is 0. The Hall–Kier alpha value is -6.34. The Labute approximate surface area is 318 Å². The molecule has 0 saturated heterocycles. The smallest absolute Gasteiger partial charge is 0.347 e. The Morgan fingerprint density at radius 1 is 0.618 bits per heavy atom. The molecule has 0 radical (unpaired) electrons. The number of esters is 2. The van der Waals surface area contributed by atoms with Crippen molar-refractivity contribution in [2.24, 2.45) is 16.6 Å². The lowest BCUT2D eigenvalue weighted by Gasteiger charge is -2.33. The number of aliphatic carboxylic acids is 2. The Morgan fingerprint density at radius 3 is 1.47 bits per heavy atom. The predicted octanol–water partition coefficient (Wildman–Crippen LogP) is 6.38. The van der Waals surface area contributed by atoms with E-state index in [1.807, 2.05) is 60.7 Å². The lowest BCUT2D eigenvalue weighted by atomic mass is 9.85. The van der Waals surface area contributed by atoms with Gasteiger partial charge in [-0.3, -0.25) is 19.3 Å². The van der Waals surface area contributed by atoms with E-state index in [9.17, 15) is 33.9 Å². The fourth-order valence-electron chi connectivity index (χ4n) is 5.44. The number of hydrogen-bond acceptors (Lipinski definition) is 10. The number of imide groups is 1. The summed E-state index contributed by atoms with van der Waals surface area (Å²) < 4.78 is 15.8. The first kappa shape index (κ1) is 41.4. The predicted molar refractivity (Wildman–Crippen MR) is 201 cm³/mol. The van der Waals surface area contributed by atoms with Gasteiger partial charge in [0, 0.05) is 0 Å². The maximum Gasteiger partial charge on any atom is 0.347 e. The highest BCUT2D eigenvalue weighted by Gasteiger charge is 2.48. The summed E-state index contributed by atoms with van der Waals surface area (Å²) in [5.74, 6) is -3.59. The molecule has 2 aliphatic rings. The van der Waals surface area contributed by atoms with Gasteiger partial charge in [-0.1, -0.05) is 102 Å². The number of hydrogen-bond donors (Lipinski definition) is 3. The first-order valence-corrected chi connectivity index (χ1v) is 17.3. The third-order valence-electron chi connectivity index (χ3n) is 8.51. The molecule has 2 heterocycles. The number of fused-ring (bicyclic) bond motifs is 2. The van der Waals surface area contributed by atoms with Crippen LogP contribution < -0.4 is 15.2 Å². The van der Waals surface area contributed by atoms with Crippen LogP contribution >= 0.6 is 0 Å². The van der Waals surface area contributed by atoms with E-state index in [0.29, 0.717) is 24.7 Å². The zero-order valence-electron chi connectivity index (χ0n) is 31.4. The van der Waals surface area contributed by atoms with Gasteiger partial charge in [-0.25, -0.2) is 14.4 Å². The van der Waals surface area contributed by atoms with Crippen molar-refractivity contribution in [1.82, 2.24) is 4.90 Å². The van der Waals surface area contributed by atoms with Crippen molar-refractivity contribution in [3.8, 4) is 11.5 Å². The lowest BCUT2D eigenvalue weighted by molar-refractivity contribution is -0.145. The standard InChI is InChI=1S/C21H21NO5.C15H10O4.C6H13NO2/c1-21(2,3)17(20(25)26)22-18(23)15-10-9-14(11-16(15)19(22)24)27-12-13-7-5-4-6-8-13;16-14-12-7-6-11(8-13(12)15(17)19-14)18-9-10-4-2-1-3-5-10;1-6(2,3)4(7)5(8)9/h4-11,17H,12H2,1-3H3,(H,25,26);1-8H,9H2;4H,7H2,1-3H3,(H,8,9)/t17-;;4-/m1.1/s1. The molecule has 4 aromatic carbocycles. The molecule has 0 spiro atoms. The van der Waals surface area contributed by atoms with Crippen LogP contribution in [0, 0.1) is 10.8 Å². The second kappa shape index (κ2) is 17.2. The summed E-state index contributed by atoms with van der Waals surface area (Å²) in [4.78, 5) is 71.0. The van der Waals surface area contributed by atoms with E-state index >= 15 is 0 Å². The minimum atomic E-state index is -1.25. The number of ether oxygens (including phenoxy) is 3. The number of benzene rings is 4. The van der Waals surface area contributed by atoms with Crippen molar-refractivity contribution in [3.05, 3.63) is 130 Å². The van der Waals surface area contributed by atoms with E-state index in [2.05, 4.69) is 4.74 Å². The van der Waals surface area contributed by atoms with Crippen molar-refractivity contribution in [1.29, 1.82) is 0 Å². The third-order valence-corrected chi connectivity index (χ3v) is 8.51. The van der Waals surface area contributed by atoms with Gasteiger partial charge in [-0.05, 0) is 58.4 Å². The number of cyclic esters (lactones) is 2. The number of carboxylic acids is 2. The van der Waals surface area contributed by atoms with Crippen LogP contribution in [0.15, 0.2) is 97.1 Å². The summed E-state index contributed by atoms with van der Waals surface area (Å²) in [6, 6.07) is 26.6. The molecule has 0 unspecified atom stereocenters. The number of carbonyl (C=O) groups excluding carboxylic acids is 4. The zero-order valence-corrected chi connectivity index (χ0v) is 31.4. The van der Waals surface area contributed by atoms with Crippen molar-refractivity contribution < 1.29 is 53.2 Å². The minimum absolute atomic E-state index is 0.168. The lowest BCUT2D eigenvalue weighted by Crippen LogP contribution is -2.51. The van der Waals surface area contributed by atoms with Crippen molar-refractivity contribution in [3.63, 3.8) is 0 Å². The zero-order chi connectivity index (χ0) is 40.7. The maximum absolute atomic E-state index is 12.8. The Balaban J connectivity index is 0.000000208. The number of nitrogens with two attached hydrogens (primary N) is 1. The summed E-state index contributed by atoms with van der Waals surface area (Å²) in [5, 5.41) is 18.0. The number of amides is 2. The second-order valence-corrected chi connectivity index (χ2v) is 14.9. The summed E-state index contributed by atoms with van der Waals surface area (Å²) in [7, 11) is 0. The Morgan fingerprint density at radius 2 is 1.05 bits per heavy atom. The first-order valence-electron chi connectivity index (χ1n) is 17.3. The minimum Gasteiger partial charge on any atom is -0.489 e. The van der Waals surface area contributed by atoms with Gasteiger partial charge in [0.05, 0.1) is 22.3 Å². The van der Waals surface area contributed by atoms with Crippen molar-refractivity contribution >= 4 is 35.7 Å². The third kappa shape index (κ3) is 10.4. The fourth-order valence-corrected chi connectivity index (χ4v) is 5.44. The highest BCUT2D eigenvalue weighted by atomic mass is 16.6. The first-order chi connectivity index (χ1) is 25.8. The quantitative estimate of drug-likeness (QED) is 0.0970. The van der Waals surface area contributed by atoms with Crippen molar-refractivity contribution in [2.45, 2.75) is 66.8 Å². The highest BCUT2D eigenvalue weighted by molar-refractivity contribution is 6.23. The van der Waals surface area contributed by atoms with Crippen LogP contribution in [0.1, 0.15) is 94.1 Å². The van der Waals surface area contributed by atoms with Gasteiger partial charge in [0.1, 0.15) is 36.8 Å². The molecule has 4 N–H and O–H groups in total. The largest absolute Gasteiger partial charge is 0.489 e. The number of carbonyl (C=O) groups is 6. The molecule has 2 amide bonds. The molecule has 0 aromatic heterocycles. The van der Waals surface area contributed by atoms with Gasteiger partial charge in [-0.2, -0.15) is 0 Å². The average Bonchev–Trinajstić information content (AvgIpc) is 3.55. The number of nitrogens with zero attached hydrogens (tertiary/aromatic N) is 1. The van der Waals surface area contributed by atoms with E-state index in [-0.39, 0.29) is 27.7 Å². The van der Waals surface area contributed by atoms with Crippen molar-refractivity contribution in [2.75, 3.05) is 0 Å². The van der Waals surface area contributed by atoms with Gasteiger partial charge in [0.15, 0.2) is 0 Å². The van der Waals surface area contributed by atoms with Crippen LogP contribution in [0.3, 0.4) is 0 Å². The normalized spacial score (nSPS) is 14.3. The molecule has 0 aliphatic carbocycles. The van der Waals surface area contributed by atoms with E-state index in [1.54, 1.807) is 59.7 Å². The molecule has 6 rings (SSSR count). The molecule has 55 heavy (non-hydrogen) atoms. The van der Waals surface area contributed by atoms with Gasteiger partial charge >= 0.3 is 23.9 Å². The molecule has 0 fully saturated rings. The maximum atomic E-state index is 12.8. The molecular weight excluding hydrogens is 708 g/mol. The monoisotopic (exact) mass is 752 g/mol. The highest BCUT2D eigenvalue weighted by Crippen LogP contribution is 2.34. The molecule has 13 nitrogen and oxygen atoms in total. The van der Waals surface area contributed by atoms with Crippen LogP contribution in [-0.2, 0) is 27.5 Å². The molecular formula is C42H44N2O11. The number of rotatable bonds is 9. The van der Waals surface area contributed by atoms with Crippen LogP contribution in [0.5, 0.6) is 11.5 Å². The molecule has 288 valence electrons. The van der Waals surface area contributed by atoms with Crippen LogP contribution in [0.4, 0.5) is 0 Å². The second-order valence-electron chi connectivity index (χ2n) is 14.9. The average molecular weight is 753 g/mol. The molecule has 4 aromatic rings. The molecule has 13 heteroatoms. The van der Waals surface area contributed by atoms with Crippen LogP contribution in [0.2, 0.25) is 0 Å². The molecule has 0 saturated carbocycles. The van der Waals surface area contributed by atoms with Crippen LogP contribution in [-0.4, -0.2) is 62.9 Å². The van der Waals surface area contributed by atoms with Gasteiger partial charge in [0.2, 0.25) is 0 Å². The number of carboxylic acid groups (broad SMARTS) is 2. The van der Waals surface area contributed by atoms with E-state index in [4.69, 9.17) is 20.3 Å². The molecule has 0 bridgehead atoms. The van der Waals surface area contributed by atoms with E-state index in [1.165, 1.54) is 18.2 Å². The van der Waals surface area contributed by atoms with E-state index in [0.717, 1.165) is 16.0 Å². The molecule has 2 atom stereocenters. The van der Waals surface area contributed by atoms with Gasteiger partial charge in [0.25, 0.3) is 11.8 Å². The summed E-state index contributed by atoms with van der Waals surface area (Å²) in [6.07, 6.45) is 0. The fraction of sp³-hybridized carbons (Fsp3) is 0.286. The Kier molecular flexibility index (Phi) is 13.0. The SMILES string of the molecule is CC(C)(C)[C@@H](C(=O)O)N1C(=O)c2ccc(OCc3ccccc3)cc2C1=O.CC(C)(C)[C@H](N)C(=O)O.O=C1OC(=O)c2cc(OCc3ccccc3)ccc21. The topological polar surface area (TPSA) is 200 Å². The van der Waals surface area contributed by atoms with Gasteiger partial charge in [-0.15, -0.1) is 0 Å².